The number of hydrogen-bond donors (Lipinski definition) is 1. The minimum Gasteiger partial charge on any atom is -0.493 e. The predicted octanol–water partition coefficient (Wildman–Crippen LogP) is 5.37. The molecule has 0 atom stereocenters. The number of nitrogens with zero attached hydrogens (tertiary/aromatic N) is 3. The fraction of sp³-hybridized carbons (Fsp3) is 0.0870. The molecular formula is C23H17BrN4O2. The summed E-state index contributed by atoms with van der Waals surface area (Å²) in [5.41, 5.74) is 3.70. The van der Waals surface area contributed by atoms with Crippen LogP contribution in [0.3, 0.4) is 0 Å². The average molecular weight is 461 g/mol. The lowest BCUT2D eigenvalue weighted by Crippen LogP contribution is -2.00. The largest absolute Gasteiger partial charge is 0.493 e. The number of methoxy groups -OCH3 is 1. The molecule has 1 N–H and O–H groups in total. The number of hydrogen-bond acceptors (Lipinski definition) is 5. The number of fused-ring (bicyclic) bond motifs is 1. The van der Waals surface area contributed by atoms with E-state index in [-0.39, 0.29) is 0 Å². The Labute approximate surface area is 181 Å². The number of halogens is 1. The Morgan fingerprint density at radius 3 is 2.77 bits per heavy atom. The molecule has 0 aliphatic rings. The molecule has 0 unspecified atom stereocenters. The summed E-state index contributed by atoms with van der Waals surface area (Å²) >= 11 is 3.55. The molecule has 4 rings (SSSR count). The van der Waals surface area contributed by atoms with E-state index >= 15 is 0 Å². The molecule has 0 radical (unpaired) electrons. The lowest BCUT2D eigenvalue weighted by molar-refractivity contribution is 0.279. The van der Waals surface area contributed by atoms with Gasteiger partial charge in [-0.15, -0.1) is 0 Å². The van der Waals surface area contributed by atoms with E-state index in [9.17, 15) is 5.26 Å². The first kappa shape index (κ1) is 19.7. The number of H-pyrrole nitrogens is 1. The topological polar surface area (TPSA) is 83.8 Å². The summed E-state index contributed by atoms with van der Waals surface area (Å²) in [4.78, 5) is 11.9. The minimum absolute atomic E-state index is 0.313. The normalized spacial score (nSPS) is 11.3. The second kappa shape index (κ2) is 8.80. The van der Waals surface area contributed by atoms with Crippen LogP contribution in [0.5, 0.6) is 11.5 Å². The Balaban J connectivity index is 1.65. The van der Waals surface area contributed by atoms with Gasteiger partial charge >= 0.3 is 0 Å². The summed E-state index contributed by atoms with van der Waals surface area (Å²) in [5.74, 6) is 1.64. The third-order valence-corrected chi connectivity index (χ3v) is 5.01. The first-order chi connectivity index (χ1) is 14.7. The zero-order chi connectivity index (χ0) is 20.9. The van der Waals surface area contributed by atoms with E-state index in [0.29, 0.717) is 34.0 Å². The Hall–Kier alpha value is -3.63. The van der Waals surface area contributed by atoms with Crippen LogP contribution in [0.4, 0.5) is 0 Å². The van der Waals surface area contributed by atoms with Crippen molar-refractivity contribution in [2.45, 2.75) is 6.61 Å². The van der Waals surface area contributed by atoms with Crippen molar-refractivity contribution in [1.82, 2.24) is 15.0 Å². The Kier molecular flexibility index (Phi) is 5.77. The van der Waals surface area contributed by atoms with Gasteiger partial charge in [-0.3, -0.25) is 4.98 Å². The summed E-state index contributed by atoms with van der Waals surface area (Å²) < 4.78 is 12.1. The van der Waals surface area contributed by atoms with Crippen LogP contribution in [-0.4, -0.2) is 22.1 Å². The van der Waals surface area contributed by atoms with Crippen molar-refractivity contribution < 1.29 is 9.47 Å². The molecule has 0 saturated heterocycles. The van der Waals surface area contributed by atoms with Gasteiger partial charge in [-0.05, 0) is 64.0 Å². The molecule has 6 nitrogen and oxygen atoms in total. The average Bonchev–Trinajstić information content (AvgIpc) is 3.21. The summed E-state index contributed by atoms with van der Waals surface area (Å²) in [7, 11) is 1.58. The van der Waals surface area contributed by atoms with Crippen LogP contribution < -0.4 is 9.47 Å². The number of allylic oxidation sites excluding steroid dienone is 1. The van der Waals surface area contributed by atoms with Crippen molar-refractivity contribution in [3.63, 3.8) is 0 Å². The van der Waals surface area contributed by atoms with Gasteiger partial charge < -0.3 is 14.5 Å². The van der Waals surface area contributed by atoms with Crippen molar-refractivity contribution in [3.05, 3.63) is 82.3 Å². The van der Waals surface area contributed by atoms with Gasteiger partial charge in [0.1, 0.15) is 18.5 Å². The molecule has 0 aliphatic heterocycles. The number of rotatable bonds is 6. The lowest BCUT2D eigenvalue weighted by atomic mass is 10.1. The quantitative estimate of drug-likeness (QED) is 0.390. The molecule has 2 aromatic heterocycles. The monoisotopic (exact) mass is 460 g/mol. The molecule has 4 aromatic rings. The fourth-order valence-electron chi connectivity index (χ4n) is 2.99. The van der Waals surface area contributed by atoms with Crippen LogP contribution in [0, 0.1) is 11.3 Å². The van der Waals surface area contributed by atoms with Crippen molar-refractivity contribution in [2.75, 3.05) is 7.11 Å². The number of aromatic amines is 1. The van der Waals surface area contributed by atoms with Crippen LogP contribution in [0.15, 0.2) is 65.3 Å². The standard InChI is InChI=1S/C23H17BrN4O2/c1-29-21-12-15(11-18(24)22(21)30-14-17-6-4-5-9-26-17)10-16(13-25)23-27-19-7-2-3-8-20(19)28-23/h2-12H,14H2,1H3,(H,27,28)/b16-10+. The fourth-order valence-corrected chi connectivity index (χ4v) is 3.57. The van der Waals surface area contributed by atoms with Gasteiger partial charge in [-0.2, -0.15) is 5.26 Å². The maximum Gasteiger partial charge on any atom is 0.175 e. The van der Waals surface area contributed by atoms with Gasteiger partial charge in [0, 0.05) is 6.20 Å². The lowest BCUT2D eigenvalue weighted by Gasteiger charge is -2.13. The number of para-hydroxylation sites is 2. The highest BCUT2D eigenvalue weighted by Gasteiger charge is 2.13. The molecule has 0 bridgehead atoms. The minimum atomic E-state index is 0.313. The molecule has 148 valence electrons. The first-order valence-electron chi connectivity index (χ1n) is 9.15. The Bertz CT molecular complexity index is 1230. The molecule has 2 heterocycles. The van der Waals surface area contributed by atoms with Gasteiger partial charge in [0.15, 0.2) is 11.5 Å². The predicted molar refractivity (Wildman–Crippen MR) is 119 cm³/mol. The van der Waals surface area contributed by atoms with E-state index in [2.05, 4.69) is 37.0 Å². The van der Waals surface area contributed by atoms with Gasteiger partial charge in [0.25, 0.3) is 0 Å². The maximum atomic E-state index is 9.67. The molecule has 7 heteroatoms. The maximum absolute atomic E-state index is 9.67. The second-order valence-electron chi connectivity index (χ2n) is 6.42. The third-order valence-electron chi connectivity index (χ3n) is 4.42. The van der Waals surface area contributed by atoms with Crippen LogP contribution in [-0.2, 0) is 6.61 Å². The van der Waals surface area contributed by atoms with Gasteiger partial charge in [0.2, 0.25) is 0 Å². The molecule has 2 aromatic carbocycles. The van der Waals surface area contributed by atoms with Crippen LogP contribution >= 0.6 is 15.9 Å². The van der Waals surface area contributed by atoms with Gasteiger partial charge in [-0.1, -0.05) is 18.2 Å². The molecule has 0 saturated carbocycles. The molecule has 30 heavy (non-hydrogen) atoms. The SMILES string of the molecule is COc1cc(/C=C(\C#N)c2nc3ccccc3[nH]2)cc(Br)c1OCc1ccccn1. The highest BCUT2D eigenvalue weighted by atomic mass is 79.9. The van der Waals surface area contributed by atoms with E-state index in [1.54, 1.807) is 19.4 Å². The van der Waals surface area contributed by atoms with Crippen molar-refractivity contribution in [3.8, 4) is 17.6 Å². The Morgan fingerprint density at radius 2 is 2.03 bits per heavy atom. The smallest absolute Gasteiger partial charge is 0.175 e. The first-order valence-corrected chi connectivity index (χ1v) is 9.94. The molecule has 0 amide bonds. The number of aromatic nitrogens is 3. The van der Waals surface area contributed by atoms with E-state index in [1.807, 2.05) is 54.6 Å². The number of ether oxygens (including phenoxy) is 2. The number of nitriles is 1. The van der Waals surface area contributed by atoms with Crippen molar-refractivity contribution in [2.24, 2.45) is 0 Å². The van der Waals surface area contributed by atoms with Crippen molar-refractivity contribution >= 4 is 38.6 Å². The van der Waals surface area contributed by atoms with Gasteiger partial charge in [-0.25, -0.2) is 4.98 Å². The van der Waals surface area contributed by atoms with E-state index in [1.165, 1.54) is 0 Å². The number of pyridine rings is 1. The van der Waals surface area contributed by atoms with Crippen molar-refractivity contribution in [1.29, 1.82) is 5.26 Å². The van der Waals surface area contributed by atoms with E-state index in [4.69, 9.17) is 9.47 Å². The summed E-state index contributed by atoms with van der Waals surface area (Å²) in [6.45, 7) is 0.313. The molecule has 0 fully saturated rings. The molecule has 0 spiro atoms. The van der Waals surface area contributed by atoms with Crippen LogP contribution in [0.25, 0.3) is 22.7 Å². The highest BCUT2D eigenvalue weighted by molar-refractivity contribution is 9.10. The van der Waals surface area contributed by atoms with Gasteiger partial charge in [0.05, 0.1) is 33.9 Å². The number of imidazole rings is 1. The summed E-state index contributed by atoms with van der Waals surface area (Å²) in [5, 5.41) is 9.67. The zero-order valence-electron chi connectivity index (χ0n) is 16.1. The zero-order valence-corrected chi connectivity index (χ0v) is 17.7. The summed E-state index contributed by atoms with van der Waals surface area (Å²) in [6, 6.07) is 19.2. The molecule has 0 aliphatic carbocycles. The number of benzene rings is 2. The summed E-state index contributed by atoms with van der Waals surface area (Å²) in [6.07, 6.45) is 3.48. The van der Waals surface area contributed by atoms with E-state index < -0.39 is 0 Å². The molecular weight excluding hydrogens is 444 g/mol. The van der Waals surface area contributed by atoms with E-state index in [0.717, 1.165) is 22.3 Å². The second-order valence-corrected chi connectivity index (χ2v) is 7.27. The number of nitrogens with one attached hydrogen (secondary N) is 1. The van der Waals surface area contributed by atoms with Crippen LogP contribution in [0.2, 0.25) is 0 Å². The Morgan fingerprint density at radius 1 is 1.20 bits per heavy atom. The third kappa shape index (κ3) is 4.19. The highest BCUT2D eigenvalue weighted by Crippen LogP contribution is 2.38. The van der Waals surface area contributed by atoms with Crippen LogP contribution in [0.1, 0.15) is 17.1 Å².